The highest BCUT2D eigenvalue weighted by Crippen LogP contribution is 2.33. The summed E-state index contributed by atoms with van der Waals surface area (Å²) < 4.78 is 2.10. The number of carboxylic acids is 1. The minimum Gasteiger partial charge on any atom is -0.480 e. The highest BCUT2D eigenvalue weighted by molar-refractivity contribution is 5.82. The lowest BCUT2D eigenvalue weighted by molar-refractivity contribution is -0.138. The van der Waals surface area contributed by atoms with Crippen molar-refractivity contribution in [2.45, 2.75) is 38.9 Å². The smallest absolute Gasteiger partial charge is 0.326 e. The standard InChI is InChI=1S/C16H19N3O2/c1-2-7-18-11-17-9-13(18)10-19-14-6-4-3-5-12(14)8-15(19)16(20)21/h3-6,9,11,15H,2,7-8,10H2,1H3,(H,20,21). The summed E-state index contributed by atoms with van der Waals surface area (Å²) in [6, 6.07) is 7.43. The molecule has 21 heavy (non-hydrogen) atoms. The van der Waals surface area contributed by atoms with Crippen LogP contribution in [0.15, 0.2) is 36.8 Å². The number of anilines is 1. The topological polar surface area (TPSA) is 58.4 Å². The Morgan fingerprint density at radius 3 is 3.00 bits per heavy atom. The number of aryl methyl sites for hydroxylation is 1. The lowest BCUT2D eigenvalue weighted by atomic mass is 10.1. The fourth-order valence-corrected chi connectivity index (χ4v) is 2.96. The maximum absolute atomic E-state index is 11.6. The first-order valence-electron chi connectivity index (χ1n) is 7.27. The third-order valence-corrected chi connectivity index (χ3v) is 3.97. The minimum absolute atomic E-state index is 0.493. The Labute approximate surface area is 123 Å². The van der Waals surface area contributed by atoms with Crippen LogP contribution in [0.3, 0.4) is 0 Å². The predicted octanol–water partition coefficient (Wildman–Crippen LogP) is 2.31. The van der Waals surface area contributed by atoms with Gasteiger partial charge in [-0.1, -0.05) is 25.1 Å². The second-order valence-corrected chi connectivity index (χ2v) is 5.39. The molecule has 5 heteroatoms. The summed E-state index contributed by atoms with van der Waals surface area (Å²) in [6.45, 7) is 3.60. The van der Waals surface area contributed by atoms with Crippen LogP contribution >= 0.6 is 0 Å². The first kappa shape index (κ1) is 13.7. The number of rotatable bonds is 5. The zero-order chi connectivity index (χ0) is 14.8. The molecule has 0 bridgehead atoms. The van der Waals surface area contributed by atoms with E-state index in [1.54, 1.807) is 0 Å². The van der Waals surface area contributed by atoms with E-state index >= 15 is 0 Å². The van der Waals surface area contributed by atoms with Crippen LogP contribution in [-0.4, -0.2) is 26.7 Å². The molecule has 110 valence electrons. The quantitative estimate of drug-likeness (QED) is 0.916. The fourth-order valence-electron chi connectivity index (χ4n) is 2.96. The summed E-state index contributed by atoms with van der Waals surface area (Å²) in [4.78, 5) is 17.7. The van der Waals surface area contributed by atoms with Gasteiger partial charge in [-0.15, -0.1) is 0 Å². The molecule has 3 rings (SSSR count). The molecular weight excluding hydrogens is 266 g/mol. The van der Waals surface area contributed by atoms with Crippen molar-refractivity contribution in [2.24, 2.45) is 0 Å². The van der Waals surface area contributed by atoms with Gasteiger partial charge in [0.2, 0.25) is 0 Å². The molecule has 5 nitrogen and oxygen atoms in total. The first-order chi connectivity index (χ1) is 10.2. The van der Waals surface area contributed by atoms with Crippen LogP contribution in [0.4, 0.5) is 5.69 Å². The molecule has 1 aliphatic heterocycles. The summed E-state index contributed by atoms with van der Waals surface area (Å²) in [6.07, 6.45) is 5.24. The van der Waals surface area contributed by atoms with E-state index < -0.39 is 12.0 Å². The number of benzene rings is 1. The van der Waals surface area contributed by atoms with Gasteiger partial charge in [0.1, 0.15) is 6.04 Å². The van der Waals surface area contributed by atoms with Crippen LogP contribution in [0, 0.1) is 0 Å². The maximum atomic E-state index is 11.6. The molecule has 1 aromatic carbocycles. The van der Waals surface area contributed by atoms with Crippen LogP contribution < -0.4 is 4.90 Å². The zero-order valence-corrected chi connectivity index (χ0v) is 12.1. The van der Waals surface area contributed by atoms with Crippen LogP contribution in [0.5, 0.6) is 0 Å². The van der Waals surface area contributed by atoms with Crippen molar-refractivity contribution >= 4 is 11.7 Å². The molecule has 1 N–H and O–H groups in total. The van der Waals surface area contributed by atoms with Crippen molar-refractivity contribution in [1.82, 2.24) is 9.55 Å². The fraction of sp³-hybridized carbons (Fsp3) is 0.375. The minimum atomic E-state index is -0.771. The van der Waals surface area contributed by atoms with Crippen LogP contribution in [0.25, 0.3) is 0 Å². The van der Waals surface area contributed by atoms with Gasteiger partial charge in [-0.3, -0.25) is 0 Å². The van der Waals surface area contributed by atoms with Gasteiger partial charge < -0.3 is 14.6 Å². The Kier molecular flexibility index (Phi) is 3.64. The normalized spacial score (nSPS) is 17.0. The zero-order valence-electron chi connectivity index (χ0n) is 12.1. The molecule has 0 radical (unpaired) electrons. The van der Waals surface area contributed by atoms with Crippen molar-refractivity contribution in [2.75, 3.05) is 4.90 Å². The number of carbonyl (C=O) groups is 1. The van der Waals surface area contributed by atoms with Gasteiger partial charge in [-0.2, -0.15) is 0 Å². The molecule has 2 aromatic rings. The summed E-state index contributed by atoms with van der Waals surface area (Å²) >= 11 is 0. The molecule has 0 saturated carbocycles. The van der Waals surface area contributed by atoms with Crippen molar-refractivity contribution in [1.29, 1.82) is 0 Å². The Morgan fingerprint density at radius 2 is 2.24 bits per heavy atom. The Balaban J connectivity index is 1.91. The number of hydrogen-bond donors (Lipinski definition) is 1. The number of carboxylic acid groups (broad SMARTS) is 1. The van der Waals surface area contributed by atoms with E-state index in [-0.39, 0.29) is 0 Å². The number of fused-ring (bicyclic) bond motifs is 1. The summed E-state index contributed by atoms with van der Waals surface area (Å²) in [5.74, 6) is -0.771. The molecule has 0 saturated heterocycles. The van der Waals surface area contributed by atoms with E-state index in [0.29, 0.717) is 13.0 Å². The first-order valence-corrected chi connectivity index (χ1v) is 7.27. The SMILES string of the molecule is CCCn1cncc1CN1c2ccccc2CC1C(=O)O. The van der Waals surface area contributed by atoms with Gasteiger partial charge in [-0.25, -0.2) is 9.78 Å². The van der Waals surface area contributed by atoms with E-state index in [1.807, 2.05) is 41.7 Å². The van der Waals surface area contributed by atoms with Gasteiger partial charge in [0.05, 0.1) is 18.6 Å². The van der Waals surface area contributed by atoms with Crippen molar-refractivity contribution < 1.29 is 9.90 Å². The Morgan fingerprint density at radius 1 is 1.43 bits per heavy atom. The largest absolute Gasteiger partial charge is 0.480 e. The highest BCUT2D eigenvalue weighted by atomic mass is 16.4. The maximum Gasteiger partial charge on any atom is 0.326 e. The molecule has 1 atom stereocenters. The molecule has 0 aliphatic carbocycles. The van der Waals surface area contributed by atoms with Crippen LogP contribution in [-0.2, 0) is 24.3 Å². The number of hydrogen-bond acceptors (Lipinski definition) is 3. The predicted molar refractivity (Wildman–Crippen MR) is 80.3 cm³/mol. The average molecular weight is 285 g/mol. The Hall–Kier alpha value is -2.30. The van der Waals surface area contributed by atoms with Gasteiger partial charge in [0.25, 0.3) is 0 Å². The van der Waals surface area contributed by atoms with Gasteiger partial charge >= 0.3 is 5.97 Å². The number of para-hydroxylation sites is 1. The average Bonchev–Trinajstić information content (AvgIpc) is 3.05. The van der Waals surface area contributed by atoms with E-state index in [4.69, 9.17) is 0 Å². The van der Waals surface area contributed by atoms with Crippen molar-refractivity contribution in [3.05, 3.63) is 48.0 Å². The summed E-state index contributed by atoms with van der Waals surface area (Å²) in [5, 5.41) is 9.49. The van der Waals surface area contributed by atoms with Gasteiger partial charge in [-0.05, 0) is 18.1 Å². The molecule has 0 fully saturated rings. The molecule has 0 amide bonds. The molecule has 1 aliphatic rings. The van der Waals surface area contributed by atoms with Gasteiger partial charge in [0.15, 0.2) is 0 Å². The van der Waals surface area contributed by atoms with E-state index in [9.17, 15) is 9.90 Å². The Bertz CT molecular complexity index is 650. The summed E-state index contributed by atoms with van der Waals surface area (Å²) in [7, 11) is 0. The molecule has 1 unspecified atom stereocenters. The highest BCUT2D eigenvalue weighted by Gasteiger charge is 2.34. The molecule has 0 spiro atoms. The van der Waals surface area contributed by atoms with Crippen LogP contribution in [0.1, 0.15) is 24.6 Å². The number of aliphatic carboxylic acids is 1. The lowest BCUT2D eigenvalue weighted by Crippen LogP contribution is -2.38. The molecule has 2 heterocycles. The lowest BCUT2D eigenvalue weighted by Gasteiger charge is -2.25. The van der Waals surface area contributed by atoms with Crippen molar-refractivity contribution in [3.63, 3.8) is 0 Å². The second-order valence-electron chi connectivity index (χ2n) is 5.39. The molecule has 1 aromatic heterocycles. The number of imidazole rings is 1. The van der Waals surface area contributed by atoms with Crippen molar-refractivity contribution in [3.8, 4) is 0 Å². The molecular formula is C16H19N3O2. The van der Waals surface area contributed by atoms with E-state index in [2.05, 4.69) is 16.5 Å². The van der Waals surface area contributed by atoms with E-state index in [0.717, 1.165) is 29.9 Å². The van der Waals surface area contributed by atoms with Crippen LogP contribution in [0.2, 0.25) is 0 Å². The third-order valence-electron chi connectivity index (χ3n) is 3.97. The monoisotopic (exact) mass is 285 g/mol. The number of aromatic nitrogens is 2. The van der Waals surface area contributed by atoms with E-state index in [1.165, 1.54) is 0 Å². The summed E-state index contributed by atoms with van der Waals surface area (Å²) in [5.41, 5.74) is 3.18. The van der Waals surface area contributed by atoms with Gasteiger partial charge in [0, 0.05) is 24.8 Å². The number of nitrogens with zero attached hydrogens (tertiary/aromatic N) is 3. The third kappa shape index (κ3) is 2.51. The second kappa shape index (κ2) is 5.60.